The zero-order chi connectivity index (χ0) is 9.26. The number of anilines is 1. The summed E-state index contributed by atoms with van der Waals surface area (Å²) in [4.78, 5) is 23.7. The van der Waals surface area contributed by atoms with Crippen LogP contribution >= 0.6 is 0 Å². The van der Waals surface area contributed by atoms with Crippen LogP contribution < -0.4 is 4.90 Å². The van der Waals surface area contributed by atoms with Gasteiger partial charge in [-0.2, -0.15) is 0 Å². The summed E-state index contributed by atoms with van der Waals surface area (Å²) in [5, 5.41) is 0. The first-order chi connectivity index (χ1) is 6.29. The summed E-state index contributed by atoms with van der Waals surface area (Å²) in [6.45, 7) is 0. The molecule has 1 aromatic carbocycles. The Kier molecular flexibility index (Phi) is 1.85. The first-order valence-corrected chi connectivity index (χ1v) is 4.04. The number of nitrogens with zero attached hydrogens (tertiary/aromatic N) is 1. The van der Waals surface area contributed by atoms with Gasteiger partial charge in [0.25, 0.3) is 0 Å². The van der Waals surface area contributed by atoms with Gasteiger partial charge in [-0.05, 0) is 12.1 Å². The molecule has 0 unspecified atom stereocenters. The summed E-state index contributed by atoms with van der Waals surface area (Å²) in [5.41, 5.74) is 0.645. The average molecular weight is 174 g/mol. The molecule has 2 rings (SSSR count). The van der Waals surface area contributed by atoms with Crippen LogP contribution in [0.25, 0.3) is 0 Å². The average Bonchev–Trinajstić information content (AvgIpc) is 2.48. The fourth-order valence-corrected chi connectivity index (χ4v) is 1.33. The summed E-state index contributed by atoms with van der Waals surface area (Å²) < 4.78 is 0. The van der Waals surface area contributed by atoms with E-state index in [4.69, 9.17) is 0 Å². The van der Waals surface area contributed by atoms with Crippen LogP contribution in [0.3, 0.4) is 0 Å². The van der Waals surface area contributed by atoms with Crippen molar-refractivity contribution < 1.29 is 9.59 Å². The van der Waals surface area contributed by atoms with Crippen molar-refractivity contribution in [3.05, 3.63) is 36.8 Å². The van der Waals surface area contributed by atoms with Crippen LogP contribution in [0.15, 0.2) is 30.3 Å². The summed E-state index contributed by atoms with van der Waals surface area (Å²) >= 11 is 0. The van der Waals surface area contributed by atoms with Gasteiger partial charge in [0.2, 0.25) is 11.8 Å². The lowest BCUT2D eigenvalue weighted by Gasteiger charge is -2.12. The third kappa shape index (κ3) is 1.33. The maximum atomic E-state index is 11.3. The van der Waals surface area contributed by atoms with Gasteiger partial charge in [0.05, 0.1) is 12.1 Å². The van der Waals surface area contributed by atoms with Gasteiger partial charge in [0, 0.05) is 6.42 Å². The van der Waals surface area contributed by atoms with E-state index < -0.39 is 0 Å². The van der Waals surface area contributed by atoms with Crippen molar-refractivity contribution in [3.63, 3.8) is 0 Å². The quantitative estimate of drug-likeness (QED) is 0.599. The fourth-order valence-electron chi connectivity index (χ4n) is 1.33. The molecule has 2 amide bonds. The van der Waals surface area contributed by atoms with Gasteiger partial charge in [-0.1, -0.05) is 18.2 Å². The van der Waals surface area contributed by atoms with Crippen LogP contribution in [0.1, 0.15) is 6.42 Å². The van der Waals surface area contributed by atoms with Gasteiger partial charge in [0.1, 0.15) is 0 Å². The first-order valence-electron chi connectivity index (χ1n) is 4.04. The van der Waals surface area contributed by atoms with E-state index in [0.717, 1.165) is 0 Å². The molecule has 3 heteroatoms. The molecule has 1 radical (unpaired) electrons. The maximum Gasteiger partial charge on any atom is 0.238 e. The fraction of sp³-hybridized carbons (Fsp3) is 0.100. The molecule has 0 N–H and O–H groups in total. The maximum absolute atomic E-state index is 11.3. The number of hydrogen-bond acceptors (Lipinski definition) is 2. The van der Waals surface area contributed by atoms with Crippen LogP contribution in [-0.2, 0) is 9.59 Å². The summed E-state index contributed by atoms with van der Waals surface area (Å²) in [6.07, 6.45) is 1.61. The lowest BCUT2D eigenvalue weighted by molar-refractivity contribution is -0.120. The van der Waals surface area contributed by atoms with Gasteiger partial charge in [-0.15, -0.1) is 0 Å². The number of imide groups is 1. The molecule has 1 saturated heterocycles. The van der Waals surface area contributed by atoms with Crippen molar-refractivity contribution in [1.29, 1.82) is 0 Å². The highest BCUT2D eigenvalue weighted by molar-refractivity contribution is 6.23. The number of carbonyl (C=O) groups excluding carboxylic acids is 2. The lowest BCUT2D eigenvalue weighted by atomic mass is 10.3. The Bertz CT molecular complexity index is 329. The minimum atomic E-state index is -0.226. The molecule has 65 valence electrons. The van der Waals surface area contributed by atoms with Crippen molar-refractivity contribution in [1.82, 2.24) is 0 Å². The Hall–Kier alpha value is -1.64. The Morgan fingerprint density at radius 2 is 1.77 bits per heavy atom. The molecule has 0 atom stereocenters. The molecule has 1 aliphatic rings. The third-order valence-electron chi connectivity index (χ3n) is 1.94. The molecule has 0 saturated carbocycles. The number of carbonyl (C=O) groups is 2. The monoisotopic (exact) mass is 174 g/mol. The van der Waals surface area contributed by atoms with Crippen LogP contribution in [0.4, 0.5) is 5.69 Å². The molecule has 1 fully saturated rings. The van der Waals surface area contributed by atoms with Crippen molar-refractivity contribution in [2.45, 2.75) is 6.42 Å². The second kappa shape index (κ2) is 3.01. The van der Waals surface area contributed by atoms with Crippen LogP contribution in [0, 0.1) is 6.42 Å². The van der Waals surface area contributed by atoms with Crippen molar-refractivity contribution in [3.8, 4) is 0 Å². The van der Waals surface area contributed by atoms with E-state index in [9.17, 15) is 9.59 Å². The highest BCUT2D eigenvalue weighted by Crippen LogP contribution is 2.20. The Balaban J connectivity index is 2.36. The van der Waals surface area contributed by atoms with Crippen molar-refractivity contribution >= 4 is 17.5 Å². The van der Waals surface area contributed by atoms with Gasteiger partial charge in [0.15, 0.2) is 0 Å². The van der Waals surface area contributed by atoms with E-state index in [1.807, 2.05) is 6.07 Å². The van der Waals surface area contributed by atoms with Gasteiger partial charge in [-0.25, -0.2) is 0 Å². The van der Waals surface area contributed by atoms with E-state index in [2.05, 4.69) is 0 Å². The van der Waals surface area contributed by atoms with Gasteiger partial charge < -0.3 is 0 Å². The zero-order valence-electron chi connectivity index (χ0n) is 6.93. The standard InChI is InChI=1S/C10H8NO2/c12-9-6-7-10(13)11(9)8-4-2-1-3-5-8/h1-6H,7H2. The predicted octanol–water partition coefficient (Wildman–Crippen LogP) is 1.15. The second-order valence-electron chi connectivity index (χ2n) is 2.81. The number of amides is 2. The van der Waals surface area contributed by atoms with Crippen molar-refractivity contribution in [2.24, 2.45) is 0 Å². The van der Waals surface area contributed by atoms with E-state index in [0.29, 0.717) is 5.69 Å². The zero-order valence-corrected chi connectivity index (χ0v) is 6.93. The summed E-state index contributed by atoms with van der Waals surface area (Å²) in [6, 6.07) is 8.94. The minimum Gasteiger partial charge on any atom is -0.274 e. The number of rotatable bonds is 1. The molecule has 3 nitrogen and oxygen atoms in total. The molecule has 0 aromatic heterocycles. The SMILES string of the molecule is O=C1[CH]CC(=O)N1c1ccccc1. The Morgan fingerprint density at radius 1 is 1.08 bits per heavy atom. The lowest BCUT2D eigenvalue weighted by Crippen LogP contribution is -2.28. The van der Waals surface area contributed by atoms with Crippen LogP contribution in [0.5, 0.6) is 0 Å². The van der Waals surface area contributed by atoms with Gasteiger partial charge >= 0.3 is 0 Å². The number of benzene rings is 1. The molecular weight excluding hydrogens is 166 g/mol. The van der Waals surface area contributed by atoms with E-state index in [1.165, 1.54) is 11.3 Å². The molecule has 0 spiro atoms. The molecule has 0 bridgehead atoms. The third-order valence-corrected chi connectivity index (χ3v) is 1.94. The van der Waals surface area contributed by atoms with Crippen LogP contribution in [0.2, 0.25) is 0 Å². The van der Waals surface area contributed by atoms with E-state index in [1.54, 1.807) is 24.3 Å². The number of para-hydroxylation sites is 1. The molecule has 1 aromatic rings. The number of hydrogen-bond donors (Lipinski definition) is 0. The molecule has 1 aliphatic heterocycles. The highest BCUT2D eigenvalue weighted by Gasteiger charge is 2.30. The largest absolute Gasteiger partial charge is 0.274 e. The Labute approximate surface area is 76.0 Å². The second-order valence-corrected chi connectivity index (χ2v) is 2.81. The summed E-state index contributed by atoms with van der Waals surface area (Å²) in [5.74, 6) is -0.382. The molecule has 13 heavy (non-hydrogen) atoms. The molecule has 0 aliphatic carbocycles. The topological polar surface area (TPSA) is 37.4 Å². The summed E-state index contributed by atoms with van der Waals surface area (Å²) in [7, 11) is 0. The molecule has 1 heterocycles. The smallest absolute Gasteiger partial charge is 0.238 e. The van der Waals surface area contributed by atoms with Crippen LogP contribution in [-0.4, -0.2) is 11.8 Å². The van der Waals surface area contributed by atoms with Crippen molar-refractivity contribution in [2.75, 3.05) is 4.90 Å². The highest BCUT2D eigenvalue weighted by atomic mass is 16.2. The normalized spacial score (nSPS) is 16.8. The van der Waals surface area contributed by atoms with Gasteiger partial charge in [-0.3, -0.25) is 14.5 Å². The first kappa shape index (κ1) is 7.98. The predicted molar refractivity (Wildman–Crippen MR) is 47.9 cm³/mol. The van der Waals surface area contributed by atoms with E-state index >= 15 is 0 Å². The minimum absolute atomic E-state index is 0.156. The molecular formula is C10H8NO2. The Morgan fingerprint density at radius 3 is 2.31 bits per heavy atom. The van der Waals surface area contributed by atoms with E-state index in [-0.39, 0.29) is 18.2 Å².